The van der Waals surface area contributed by atoms with Gasteiger partial charge < -0.3 is 8.98 Å². The molecule has 3 heterocycles. The largest absolute Gasteiger partial charge is 0.464 e. The van der Waals surface area contributed by atoms with Crippen LogP contribution >= 0.6 is 0 Å². The Morgan fingerprint density at radius 1 is 0.500 bits per heavy atom. The van der Waals surface area contributed by atoms with Crippen LogP contribution < -0.4 is 0 Å². The van der Waals surface area contributed by atoms with Crippen molar-refractivity contribution in [3.05, 3.63) is 146 Å². The van der Waals surface area contributed by atoms with Gasteiger partial charge in [0.05, 0.1) is 34.1 Å². The van der Waals surface area contributed by atoms with Crippen molar-refractivity contribution in [1.82, 2.24) is 9.55 Å². The van der Waals surface area contributed by atoms with E-state index in [2.05, 4.69) is 132 Å². The van der Waals surface area contributed by atoms with E-state index in [0.717, 1.165) is 61.2 Å². The topological polar surface area (TPSA) is 31.0 Å². The van der Waals surface area contributed by atoms with Crippen molar-refractivity contribution in [2.75, 3.05) is 0 Å². The first-order chi connectivity index (χ1) is 19.8. The molecule has 40 heavy (non-hydrogen) atoms. The Bertz CT molecular complexity index is 2100. The van der Waals surface area contributed by atoms with Crippen LogP contribution in [0.1, 0.15) is 0 Å². The van der Waals surface area contributed by atoms with Crippen molar-refractivity contribution in [1.29, 1.82) is 0 Å². The normalized spacial score (nSPS) is 11.5. The summed E-state index contributed by atoms with van der Waals surface area (Å²) in [4.78, 5) is 5.16. The van der Waals surface area contributed by atoms with Gasteiger partial charge in [-0.3, -0.25) is 0 Å². The van der Waals surface area contributed by atoms with Gasteiger partial charge in [-0.15, -0.1) is 0 Å². The van der Waals surface area contributed by atoms with Gasteiger partial charge in [0.15, 0.2) is 0 Å². The molecule has 8 rings (SSSR count). The lowest BCUT2D eigenvalue weighted by Gasteiger charge is -2.13. The molecule has 0 unspecified atom stereocenters. The van der Waals surface area contributed by atoms with Gasteiger partial charge in [-0.25, -0.2) is 4.98 Å². The monoisotopic (exact) mass is 512 g/mol. The molecule has 0 radical (unpaired) electrons. The van der Waals surface area contributed by atoms with Gasteiger partial charge in [0.25, 0.3) is 0 Å². The highest BCUT2D eigenvalue weighted by atomic mass is 16.3. The summed E-state index contributed by atoms with van der Waals surface area (Å²) in [5.74, 6) is 0. The summed E-state index contributed by atoms with van der Waals surface area (Å²) < 4.78 is 8.30. The lowest BCUT2D eigenvalue weighted by molar-refractivity contribution is 0.619. The van der Waals surface area contributed by atoms with Crippen LogP contribution in [-0.4, -0.2) is 9.55 Å². The minimum Gasteiger partial charge on any atom is -0.464 e. The van der Waals surface area contributed by atoms with Gasteiger partial charge in [-0.2, -0.15) is 0 Å². The average Bonchev–Trinajstić information content (AvgIpc) is 3.64. The lowest BCUT2D eigenvalue weighted by atomic mass is 10.00. The standard InChI is InChI=1S/C37H24N2O/c1-3-10-25(11-4-1)29-23-32(26-12-5-2-6-13-26)38-33(24-29)28-14-9-15-30(22-28)39-34-17-8-7-16-31(34)36-35(39)19-18-27-20-21-40-37(27)36/h1-24H. The molecule has 0 spiro atoms. The number of nitrogens with zero attached hydrogens (tertiary/aromatic N) is 2. The van der Waals surface area contributed by atoms with Crippen LogP contribution in [0.15, 0.2) is 150 Å². The van der Waals surface area contributed by atoms with Crippen LogP contribution in [0.3, 0.4) is 0 Å². The summed E-state index contributed by atoms with van der Waals surface area (Å²) in [6, 6.07) is 48.9. The molecule has 5 aromatic carbocycles. The number of para-hydroxylation sites is 1. The zero-order valence-corrected chi connectivity index (χ0v) is 21.7. The molecule has 0 saturated heterocycles. The molecule has 0 fully saturated rings. The van der Waals surface area contributed by atoms with Gasteiger partial charge in [0.2, 0.25) is 0 Å². The maximum atomic E-state index is 5.97. The number of rotatable bonds is 4. The Labute approximate surface area is 231 Å². The number of hydrogen-bond acceptors (Lipinski definition) is 2. The van der Waals surface area contributed by atoms with E-state index < -0.39 is 0 Å². The summed E-state index contributed by atoms with van der Waals surface area (Å²) in [5, 5.41) is 3.43. The number of benzene rings is 5. The van der Waals surface area contributed by atoms with Crippen molar-refractivity contribution in [2.45, 2.75) is 0 Å². The molecule has 188 valence electrons. The highest BCUT2D eigenvalue weighted by molar-refractivity contribution is 6.19. The van der Waals surface area contributed by atoms with E-state index in [-0.39, 0.29) is 0 Å². The Kier molecular flexibility index (Phi) is 5.14. The first-order valence-corrected chi connectivity index (χ1v) is 13.5. The Morgan fingerprint density at radius 2 is 1.20 bits per heavy atom. The second-order valence-electron chi connectivity index (χ2n) is 10.1. The number of fused-ring (bicyclic) bond motifs is 5. The van der Waals surface area contributed by atoms with E-state index in [0.29, 0.717) is 0 Å². The second kappa shape index (κ2) is 9.11. The minimum atomic E-state index is 0.924. The molecular formula is C37H24N2O. The maximum absolute atomic E-state index is 5.97. The summed E-state index contributed by atoms with van der Waals surface area (Å²) in [5.41, 5.74) is 10.7. The zero-order chi connectivity index (χ0) is 26.5. The van der Waals surface area contributed by atoms with Gasteiger partial charge in [-0.1, -0.05) is 91.0 Å². The third kappa shape index (κ3) is 3.63. The van der Waals surface area contributed by atoms with Crippen molar-refractivity contribution in [3.8, 4) is 39.3 Å². The van der Waals surface area contributed by atoms with Crippen LogP contribution in [-0.2, 0) is 0 Å². The molecule has 0 aliphatic carbocycles. The highest BCUT2D eigenvalue weighted by Gasteiger charge is 2.17. The fraction of sp³-hybridized carbons (Fsp3) is 0. The van der Waals surface area contributed by atoms with Crippen LogP contribution in [0.25, 0.3) is 72.1 Å². The van der Waals surface area contributed by atoms with Gasteiger partial charge in [0.1, 0.15) is 5.58 Å². The maximum Gasteiger partial charge on any atom is 0.143 e. The molecule has 0 aliphatic heterocycles. The first-order valence-electron chi connectivity index (χ1n) is 13.5. The van der Waals surface area contributed by atoms with Crippen molar-refractivity contribution >= 4 is 32.8 Å². The Balaban J connectivity index is 1.35. The summed E-state index contributed by atoms with van der Waals surface area (Å²) in [6.07, 6.45) is 1.77. The first kappa shape index (κ1) is 22.6. The SMILES string of the molecule is c1ccc(-c2cc(-c3ccccc3)nc(-c3cccc(-n4c5ccccc5c5c6occc6ccc54)c3)c2)cc1. The molecule has 0 N–H and O–H groups in total. The summed E-state index contributed by atoms with van der Waals surface area (Å²) >= 11 is 0. The predicted octanol–water partition coefficient (Wildman–Crippen LogP) is 9.93. The lowest BCUT2D eigenvalue weighted by Crippen LogP contribution is -1.96. The Morgan fingerprint density at radius 3 is 2.02 bits per heavy atom. The molecular weight excluding hydrogens is 488 g/mol. The smallest absolute Gasteiger partial charge is 0.143 e. The van der Waals surface area contributed by atoms with Crippen molar-refractivity contribution < 1.29 is 4.42 Å². The van der Waals surface area contributed by atoms with Gasteiger partial charge in [-0.05, 0) is 59.7 Å². The van der Waals surface area contributed by atoms with Crippen LogP contribution in [0.4, 0.5) is 0 Å². The molecule has 8 aromatic rings. The summed E-state index contributed by atoms with van der Waals surface area (Å²) in [6.45, 7) is 0. The average molecular weight is 513 g/mol. The van der Waals surface area contributed by atoms with E-state index in [1.165, 1.54) is 10.9 Å². The third-order valence-corrected chi connectivity index (χ3v) is 7.66. The molecule has 0 aliphatic rings. The van der Waals surface area contributed by atoms with Crippen LogP contribution in [0.2, 0.25) is 0 Å². The van der Waals surface area contributed by atoms with E-state index in [9.17, 15) is 0 Å². The van der Waals surface area contributed by atoms with E-state index in [4.69, 9.17) is 9.40 Å². The molecule has 0 saturated carbocycles. The molecule has 0 amide bonds. The zero-order valence-electron chi connectivity index (χ0n) is 21.7. The fourth-order valence-corrected chi connectivity index (χ4v) is 5.79. The number of aromatic nitrogens is 2. The fourth-order valence-electron chi connectivity index (χ4n) is 5.79. The van der Waals surface area contributed by atoms with Crippen LogP contribution in [0.5, 0.6) is 0 Å². The number of hydrogen-bond donors (Lipinski definition) is 0. The molecule has 3 aromatic heterocycles. The van der Waals surface area contributed by atoms with Crippen molar-refractivity contribution in [3.63, 3.8) is 0 Å². The minimum absolute atomic E-state index is 0.924. The third-order valence-electron chi connectivity index (χ3n) is 7.66. The van der Waals surface area contributed by atoms with Crippen LogP contribution in [0, 0.1) is 0 Å². The number of pyridine rings is 1. The second-order valence-corrected chi connectivity index (χ2v) is 10.1. The predicted molar refractivity (Wildman–Crippen MR) is 165 cm³/mol. The molecule has 3 heteroatoms. The summed E-state index contributed by atoms with van der Waals surface area (Å²) in [7, 11) is 0. The van der Waals surface area contributed by atoms with Crippen molar-refractivity contribution in [2.24, 2.45) is 0 Å². The van der Waals surface area contributed by atoms with E-state index in [1.807, 2.05) is 12.1 Å². The van der Waals surface area contributed by atoms with Gasteiger partial charge >= 0.3 is 0 Å². The number of furan rings is 1. The molecule has 0 atom stereocenters. The van der Waals surface area contributed by atoms with E-state index in [1.54, 1.807) is 6.26 Å². The highest BCUT2D eigenvalue weighted by Crippen LogP contribution is 2.38. The molecule has 0 bridgehead atoms. The quantitative estimate of drug-likeness (QED) is 0.235. The van der Waals surface area contributed by atoms with Gasteiger partial charge in [0, 0.05) is 27.6 Å². The van der Waals surface area contributed by atoms with E-state index >= 15 is 0 Å². The molecule has 3 nitrogen and oxygen atoms in total. The Hall–Kier alpha value is -5.41.